The predicted octanol–water partition coefficient (Wildman–Crippen LogP) is 4.52. The zero-order valence-corrected chi connectivity index (χ0v) is 16.8. The minimum Gasteiger partial charge on any atom is -0.496 e. The Balaban J connectivity index is 0.00000280. The van der Waals surface area contributed by atoms with Crippen LogP contribution in [-0.4, -0.2) is 19.6 Å². The molecule has 1 atom stereocenters. The second kappa shape index (κ2) is 9.93. The van der Waals surface area contributed by atoms with E-state index < -0.39 is 0 Å². The van der Waals surface area contributed by atoms with Crippen molar-refractivity contribution in [2.45, 2.75) is 13.0 Å². The van der Waals surface area contributed by atoms with Crippen LogP contribution in [0.25, 0.3) is 11.1 Å². The van der Waals surface area contributed by atoms with Crippen molar-refractivity contribution in [3.8, 4) is 16.9 Å². The van der Waals surface area contributed by atoms with Crippen LogP contribution in [0.1, 0.15) is 27.5 Å². The van der Waals surface area contributed by atoms with Gasteiger partial charge in [0.15, 0.2) is 0 Å². The van der Waals surface area contributed by atoms with Crippen LogP contribution >= 0.6 is 12.4 Å². The number of nitrogens with two attached hydrogens (primary N) is 1. The van der Waals surface area contributed by atoms with Gasteiger partial charge in [-0.15, -0.1) is 12.4 Å². The maximum atomic E-state index is 12.8. The summed E-state index contributed by atoms with van der Waals surface area (Å²) in [5.74, 6) is 0.632. The van der Waals surface area contributed by atoms with Gasteiger partial charge >= 0.3 is 0 Å². The van der Waals surface area contributed by atoms with E-state index in [1.807, 2.05) is 79.7 Å². The largest absolute Gasteiger partial charge is 0.496 e. The van der Waals surface area contributed by atoms with Crippen molar-refractivity contribution >= 4 is 18.3 Å². The predicted molar refractivity (Wildman–Crippen MR) is 116 cm³/mol. The SMILES string of the molecule is COc1ccccc1-c1cc(C(=O)N[C@@H](CN)c2ccccc2)ccc1C.Cl. The van der Waals surface area contributed by atoms with E-state index in [-0.39, 0.29) is 24.4 Å². The van der Waals surface area contributed by atoms with E-state index in [1.165, 1.54) is 0 Å². The van der Waals surface area contributed by atoms with Crippen LogP contribution in [0.3, 0.4) is 0 Å². The number of carbonyl (C=O) groups is 1. The van der Waals surface area contributed by atoms with Gasteiger partial charge in [0.1, 0.15) is 5.75 Å². The van der Waals surface area contributed by atoms with Gasteiger partial charge in [0.2, 0.25) is 0 Å². The molecule has 5 heteroatoms. The first-order chi connectivity index (χ1) is 13.1. The number of halogens is 1. The van der Waals surface area contributed by atoms with Crippen LogP contribution in [0.4, 0.5) is 0 Å². The Kier molecular flexibility index (Phi) is 7.61. The number of rotatable bonds is 6. The molecular weight excluding hydrogens is 372 g/mol. The van der Waals surface area contributed by atoms with Crippen molar-refractivity contribution in [2.24, 2.45) is 5.73 Å². The lowest BCUT2D eigenvalue weighted by atomic mass is 9.97. The number of carbonyl (C=O) groups excluding carboxylic acids is 1. The molecule has 28 heavy (non-hydrogen) atoms. The molecule has 0 radical (unpaired) electrons. The van der Waals surface area contributed by atoms with Crippen molar-refractivity contribution in [2.75, 3.05) is 13.7 Å². The highest BCUT2D eigenvalue weighted by Gasteiger charge is 2.16. The van der Waals surface area contributed by atoms with Gasteiger partial charge in [-0.3, -0.25) is 4.79 Å². The molecule has 0 aliphatic rings. The monoisotopic (exact) mass is 396 g/mol. The van der Waals surface area contributed by atoms with Gasteiger partial charge < -0.3 is 15.8 Å². The number of ether oxygens (including phenoxy) is 1. The molecule has 3 N–H and O–H groups in total. The lowest BCUT2D eigenvalue weighted by Gasteiger charge is -2.18. The first-order valence-electron chi connectivity index (χ1n) is 8.94. The molecule has 0 aliphatic carbocycles. The van der Waals surface area contributed by atoms with Gasteiger partial charge in [-0.05, 0) is 41.8 Å². The molecule has 146 valence electrons. The topological polar surface area (TPSA) is 64.3 Å². The quantitative estimate of drug-likeness (QED) is 0.643. The number of para-hydroxylation sites is 1. The summed E-state index contributed by atoms with van der Waals surface area (Å²) in [5.41, 5.74) is 10.5. The maximum Gasteiger partial charge on any atom is 0.251 e. The first-order valence-corrected chi connectivity index (χ1v) is 8.94. The average Bonchev–Trinajstić information content (AvgIpc) is 2.72. The molecule has 0 spiro atoms. The summed E-state index contributed by atoms with van der Waals surface area (Å²) in [7, 11) is 1.65. The van der Waals surface area contributed by atoms with Crippen LogP contribution in [-0.2, 0) is 0 Å². The van der Waals surface area contributed by atoms with Gasteiger partial charge in [-0.1, -0.05) is 54.6 Å². The number of aryl methyl sites for hydroxylation is 1. The van der Waals surface area contributed by atoms with E-state index in [2.05, 4.69) is 5.32 Å². The van der Waals surface area contributed by atoms with E-state index in [4.69, 9.17) is 10.5 Å². The summed E-state index contributed by atoms with van der Waals surface area (Å²) in [5, 5.41) is 3.03. The summed E-state index contributed by atoms with van der Waals surface area (Å²) < 4.78 is 5.48. The van der Waals surface area contributed by atoms with Crippen LogP contribution in [0.5, 0.6) is 5.75 Å². The second-order valence-electron chi connectivity index (χ2n) is 6.40. The van der Waals surface area contributed by atoms with E-state index in [9.17, 15) is 4.79 Å². The number of nitrogens with one attached hydrogen (secondary N) is 1. The fourth-order valence-electron chi connectivity index (χ4n) is 3.13. The Morgan fingerprint density at radius 3 is 2.36 bits per heavy atom. The highest BCUT2D eigenvalue weighted by molar-refractivity contribution is 5.96. The second-order valence-corrected chi connectivity index (χ2v) is 6.40. The Labute approximate surface area is 172 Å². The lowest BCUT2D eigenvalue weighted by molar-refractivity contribution is 0.0938. The smallest absolute Gasteiger partial charge is 0.251 e. The third-order valence-electron chi connectivity index (χ3n) is 4.64. The molecule has 3 aromatic carbocycles. The summed E-state index contributed by atoms with van der Waals surface area (Å²) >= 11 is 0. The molecule has 0 heterocycles. The summed E-state index contributed by atoms with van der Waals surface area (Å²) in [6.07, 6.45) is 0. The molecule has 0 saturated carbocycles. The highest BCUT2D eigenvalue weighted by Crippen LogP contribution is 2.32. The van der Waals surface area contributed by atoms with Crippen LogP contribution in [0, 0.1) is 6.92 Å². The van der Waals surface area contributed by atoms with Gasteiger partial charge in [0, 0.05) is 17.7 Å². The summed E-state index contributed by atoms with van der Waals surface area (Å²) in [6, 6.07) is 23.0. The van der Waals surface area contributed by atoms with Gasteiger partial charge in [0.05, 0.1) is 13.2 Å². The fourth-order valence-corrected chi connectivity index (χ4v) is 3.13. The molecule has 0 aromatic heterocycles. The fraction of sp³-hybridized carbons (Fsp3) is 0.174. The standard InChI is InChI=1S/C23H24N2O2.ClH/c1-16-12-13-18(14-20(16)19-10-6-7-11-22(19)27-2)23(26)25-21(15-24)17-8-4-3-5-9-17;/h3-14,21H,15,24H2,1-2H3,(H,25,26);1H/t21-;/m0./s1. The zero-order valence-electron chi connectivity index (χ0n) is 16.0. The maximum absolute atomic E-state index is 12.8. The summed E-state index contributed by atoms with van der Waals surface area (Å²) in [6.45, 7) is 2.36. The van der Waals surface area contributed by atoms with Crippen LogP contribution in [0.2, 0.25) is 0 Å². The molecule has 0 fully saturated rings. The van der Waals surface area contributed by atoms with E-state index in [0.717, 1.165) is 28.0 Å². The van der Waals surface area contributed by atoms with Crippen molar-refractivity contribution in [3.05, 3.63) is 89.5 Å². The Morgan fingerprint density at radius 1 is 1.00 bits per heavy atom. The first kappa shape index (κ1) is 21.5. The molecule has 0 aliphatic heterocycles. The minimum absolute atomic E-state index is 0. The molecule has 4 nitrogen and oxygen atoms in total. The molecule has 0 bridgehead atoms. The zero-order chi connectivity index (χ0) is 19.2. The van der Waals surface area contributed by atoms with E-state index >= 15 is 0 Å². The molecular formula is C23H25ClN2O2. The number of benzene rings is 3. The highest BCUT2D eigenvalue weighted by atomic mass is 35.5. The normalized spacial score (nSPS) is 11.2. The van der Waals surface area contributed by atoms with Crippen molar-refractivity contribution < 1.29 is 9.53 Å². The number of hydrogen-bond acceptors (Lipinski definition) is 3. The molecule has 3 aromatic rings. The van der Waals surface area contributed by atoms with E-state index in [0.29, 0.717) is 12.1 Å². The van der Waals surface area contributed by atoms with Gasteiger partial charge in [-0.2, -0.15) is 0 Å². The Bertz CT molecular complexity index is 929. The van der Waals surface area contributed by atoms with E-state index in [1.54, 1.807) is 7.11 Å². The number of hydrogen-bond donors (Lipinski definition) is 2. The average molecular weight is 397 g/mol. The molecule has 3 rings (SSSR count). The number of amides is 1. The van der Waals surface area contributed by atoms with Crippen LogP contribution < -0.4 is 15.8 Å². The van der Waals surface area contributed by atoms with Crippen LogP contribution in [0.15, 0.2) is 72.8 Å². The van der Waals surface area contributed by atoms with Gasteiger partial charge in [-0.25, -0.2) is 0 Å². The third kappa shape index (κ3) is 4.71. The lowest BCUT2D eigenvalue weighted by Crippen LogP contribution is -2.33. The van der Waals surface area contributed by atoms with Crippen molar-refractivity contribution in [1.82, 2.24) is 5.32 Å². The van der Waals surface area contributed by atoms with Crippen molar-refractivity contribution in [3.63, 3.8) is 0 Å². The summed E-state index contributed by atoms with van der Waals surface area (Å²) in [4.78, 5) is 12.8. The molecule has 0 saturated heterocycles. The Hall–Kier alpha value is -2.82. The Morgan fingerprint density at radius 2 is 1.68 bits per heavy atom. The van der Waals surface area contributed by atoms with Crippen molar-refractivity contribution in [1.29, 1.82) is 0 Å². The molecule has 0 unspecified atom stereocenters. The molecule has 1 amide bonds. The van der Waals surface area contributed by atoms with Gasteiger partial charge in [0.25, 0.3) is 5.91 Å². The third-order valence-corrected chi connectivity index (χ3v) is 4.64. The minimum atomic E-state index is -0.227. The number of methoxy groups -OCH3 is 1.